The summed E-state index contributed by atoms with van der Waals surface area (Å²) in [6.07, 6.45) is 0. The monoisotopic (exact) mass is 307 g/mol. The highest BCUT2D eigenvalue weighted by atomic mass is 32.1. The maximum absolute atomic E-state index is 12.9. The van der Waals surface area contributed by atoms with Crippen LogP contribution in [0.5, 0.6) is 0 Å². The minimum atomic E-state index is -0.536. The second-order valence-corrected chi connectivity index (χ2v) is 5.32. The van der Waals surface area contributed by atoms with Gasteiger partial charge in [-0.1, -0.05) is 5.16 Å². The Kier molecular flexibility index (Phi) is 3.09. The highest BCUT2D eigenvalue weighted by Crippen LogP contribution is 2.17. The molecule has 0 unspecified atom stereocenters. The molecule has 0 aliphatic heterocycles. The van der Waals surface area contributed by atoms with E-state index >= 15 is 0 Å². The minimum Gasteiger partial charge on any atom is -0.359 e. The molecule has 0 aliphatic rings. The average molecular weight is 307 g/mol. The molecule has 0 spiro atoms. The predicted molar refractivity (Wildman–Crippen MR) is 75.0 cm³/mol. The van der Waals surface area contributed by atoms with Gasteiger partial charge in [-0.3, -0.25) is 4.79 Å². The summed E-state index contributed by atoms with van der Waals surface area (Å²) >= 11 is 0.744. The van der Waals surface area contributed by atoms with E-state index in [0.29, 0.717) is 22.8 Å². The van der Waals surface area contributed by atoms with Gasteiger partial charge in [-0.2, -0.15) is 0 Å². The SMILES string of the molecule is Cc1noc(C)c1-n1sc(=O)n(-c2ccc(F)cc2)c1=O. The first-order valence-corrected chi connectivity index (χ1v) is 6.81. The van der Waals surface area contributed by atoms with E-state index in [1.54, 1.807) is 13.8 Å². The van der Waals surface area contributed by atoms with Gasteiger partial charge in [0.2, 0.25) is 0 Å². The second kappa shape index (κ2) is 4.81. The van der Waals surface area contributed by atoms with Gasteiger partial charge in [0, 0.05) is 11.5 Å². The Morgan fingerprint density at radius 3 is 2.43 bits per heavy atom. The molecule has 0 saturated carbocycles. The van der Waals surface area contributed by atoms with E-state index in [9.17, 15) is 14.0 Å². The standard InChI is InChI=1S/C13H10FN3O3S/c1-7-11(8(2)20-15-7)17-12(18)16(13(19)21-17)10-5-3-9(14)4-6-10/h3-6H,1-2H3. The van der Waals surface area contributed by atoms with E-state index in [4.69, 9.17) is 4.52 Å². The summed E-state index contributed by atoms with van der Waals surface area (Å²) in [5.74, 6) is 0.00943. The van der Waals surface area contributed by atoms with Crippen LogP contribution in [-0.2, 0) is 0 Å². The van der Waals surface area contributed by atoms with E-state index in [1.807, 2.05) is 0 Å². The summed E-state index contributed by atoms with van der Waals surface area (Å²) in [6, 6.07) is 5.14. The summed E-state index contributed by atoms with van der Waals surface area (Å²) in [5.41, 5.74) is 0.754. The Labute approximate surface area is 121 Å². The molecule has 1 aromatic carbocycles. The summed E-state index contributed by atoms with van der Waals surface area (Å²) in [7, 11) is 0. The molecule has 0 atom stereocenters. The topological polar surface area (TPSA) is 70.0 Å². The van der Waals surface area contributed by atoms with Crippen LogP contribution < -0.4 is 10.6 Å². The fraction of sp³-hybridized carbons (Fsp3) is 0.154. The van der Waals surface area contributed by atoms with Crippen molar-refractivity contribution in [1.82, 2.24) is 13.7 Å². The Bertz CT molecular complexity index is 898. The van der Waals surface area contributed by atoms with Gasteiger partial charge in [-0.05, 0) is 38.1 Å². The Morgan fingerprint density at radius 2 is 1.86 bits per heavy atom. The largest absolute Gasteiger partial charge is 0.359 e. The number of rotatable bonds is 2. The fourth-order valence-electron chi connectivity index (χ4n) is 2.04. The van der Waals surface area contributed by atoms with Crippen molar-refractivity contribution in [3.63, 3.8) is 0 Å². The maximum Gasteiger partial charge on any atom is 0.350 e. The lowest BCUT2D eigenvalue weighted by molar-refractivity contribution is 0.393. The minimum absolute atomic E-state index is 0.313. The van der Waals surface area contributed by atoms with Crippen LogP contribution in [0.25, 0.3) is 11.4 Å². The van der Waals surface area contributed by atoms with Crippen LogP contribution in [0.3, 0.4) is 0 Å². The highest BCUT2D eigenvalue weighted by Gasteiger charge is 2.19. The van der Waals surface area contributed by atoms with Crippen LogP contribution in [-0.4, -0.2) is 13.7 Å². The highest BCUT2D eigenvalue weighted by molar-refractivity contribution is 7.03. The first-order chi connectivity index (χ1) is 9.99. The van der Waals surface area contributed by atoms with Crippen molar-refractivity contribution in [2.75, 3.05) is 0 Å². The van der Waals surface area contributed by atoms with Crippen molar-refractivity contribution in [1.29, 1.82) is 0 Å². The van der Waals surface area contributed by atoms with Crippen LogP contribution in [0.1, 0.15) is 11.5 Å². The molecular weight excluding hydrogens is 297 g/mol. The average Bonchev–Trinajstić information content (AvgIpc) is 2.91. The van der Waals surface area contributed by atoms with Crippen LogP contribution in [0, 0.1) is 19.7 Å². The third kappa shape index (κ3) is 2.13. The molecule has 21 heavy (non-hydrogen) atoms. The quantitative estimate of drug-likeness (QED) is 0.724. The molecule has 6 nitrogen and oxygen atoms in total. The van der Waals surface area contributed by atoms with Crippen LogP contribution in [0.15, 0.2) is 38.4 Å². The lowest BCUT2D eigenvalue weighted by Gasteiger charge is -2.00. The van der Waals surface area contributed by atoms with Crippen molar-refractivity contribution in [2.24, 2.45) is 0 Å². The van der Waals surface area contributed by atoms with Gasteiger partial charge in [0.05, 0.1) is 5.69 Å². The number of nitrogens with zero attached hydrogens (tertiary/aromatic N) is 3. The molecule has 0 bridgehead atoms. The molecule has 108 valence electrons. The van der Waals surface area contributed by atoms with E-state index in [1.165, 1.54) is 28.2 Å². The van der Waals surface area contributed by atoms with Gasteiger partial charge in [0.25, 0.3) is 0 Å². The molecule has 0 saturated heterocycles. The molecule has 0 radical (unpaired) electrons. The number of halogens is 1. The Hall–Kier alpha value is -2.48. The maximum atomic E-state index is 12.9. The van der Waals surface area contributed by atoms with Gasteiger partial charge >= 0.3 is 10.6 Å². The van der Waals surface area contributed by atoms with Crippen LogP contribution in [0.4, 0.5) is 4.39 Å². The summed E-state index contributed by atoms with van der Waals surface area (Å²) in [6.45, 7) is 3.35. The third-order valence-electron chi connectivity index (χ3n) is 3.00. The van der Waals surface area contributed by atoms with Gasteiger partial charge in [-0.25, -0.2) is 17.7 Å². The lowest BCUT2D eigenvalue weighted by Crippen LogP contribution is -2.27. The zero-order valence-corrected chi connectivity index (χ0v) is 12.0. The number of benzene rings is 1. The van der Waals surface area contributed by atoms with E-state index in [-0.39, 0.29) is 0 Å². The molecule has 0 aliphatic carbocycles. The first-order valence-electron chi connectivity index (χ1n) is 6.03. The summed E-state index contributed by atoms with van der Waals surface area (Å²) in [4.78, 5) is 24.1. The number of hydrogen-bond acceptors (Lipinski definition) is 5. The van der Waals surface area contributed by atoms with Gasteiger partial charge in [0.1, 0.15) is 17.2 Å². The summed E-state index contributed by atoms with van der Waals surface area (Å²) in [5, 5.41) is 3.77. The second-order valence-electron chi connectivity index (χ2n) is 4.42. The van der Waals surface area contributed by atoms with E-state index in [2.05, 4.69) is 5.16 Å². The third-order valence-corrected chi connectivity index (χ3v) is 3.86. The van der Waals surface area contributed by atoms with E-state index < -0.39 is 16.4 Å². The normalized spacial score (nSPS) is 11.0. The molecule has 3 aromatic rings. The van der Waals surface area contributed by atoms with Crippen molar-refractivity contribution >= 4 is 11.5 Å². The van der Waals surface area contributed by atoms with E-state index in [0.717, 1.165) is 16.1 Å². The fourth-order valence-corrected chi connectivity index (χ4v) is 2.98. The molecule has 0 amide bonds. The molecular formula is C13H10FN3O3S. The van der Waals surface area contributed by atoms with Crippen LogP contribution in [0.2, 0.25) is 0 Å². The van der Waals surface area contributed by atoms with Gasteiger partial charge < -0.3 is 4.52 Å². The zero-order chi connectivity index (χ0) is 15.1. The van der Waals surface area contributed by atoms with Crippen molar-refractivity contribution in [2.45, 2.75) is 13.8 Å². The Balaban J connectivity index is 2.25. The molecule has 2 heterocycles. The zero-order valence-electron chi connectivity index (χ0n) is 11.2. The van der Waals surface area contributed by atoms with Gasteiger partial charge in [-0.15, -0.1) is 0 Å². The first kappa shape index (κ1) is 13.5. The number of aromatic nitrogens is 3. The molecule has 8 heteroatoms. The smallest absolute Gasteiger partial charge is 0.350 e. The van der Waals surface area contributed by atoms with Crippen LogP contribution >= 0.6 is 11.5 Å². The predicted octanol–water partition coefficient (Wildman–Crippen LogP) is 1.79. The molecule has 0 N–H and O–H groups in total. The summed E-state index contributed by atoms with van der Waals surface area (Å²) < 4.78 is 20.2. The molecule has 2 aromatic heterocycles. The lowest BCUT2D eigenvalue weighted by atomic mass is 10.3. The van der Waals surface area contributed by atoms with Crippen molar-refractivity contribution in [3.8, 4) is 11.4 Å². The number of aryl methyl sites for hydroxylation is 2. The molecule has 0 fully saturated rings. The Morgan fingerprint density at radius 1 is 1.19 bits per heavy atom. The van der Waals surface area contributed by atoms with Crippen molar-refractivity contribution < 1.29 is 8.91 Å². The van der Waals surface area contributed by atoms with Gasteiger partial charge in [0.15, 0.2) is 5.76 Å². The molecule has 3 rings (SSSR count). The van der Waals surface area contributed by atoms with Crippen molar-refractivity contribution in [3.05, 3.63) is 61.7 Å². The number of hydrogen-bond donors (Lipinski definition) is 0.